The Morgan fingerprint density at radius 1 is 1.36 bits per heavy atom. The van der Waals surface area contributed by atoms with Gasteiger partial charge in [-0.2, -0.15) is 21.6 Å². The lowest BCUT2D eigenvalue weighted by atomic mass is 10.5. The molecule has 0 spiro atoms. The molecule has 14 heavy (non-hydrogen) atoms. The van der Waals surface area contributed by atoms with Crippen LogP contribution in [0.1, 0.15) is 6.42 Å². The van der Waals surface area contributed by atoms with Crippen molar-refractivity contribution in [1.29, 1.82) is 0 Å². The average Bonchev–Trinajstić information content (AvgIpc) is 1.97. The highest BCUT2D eigenvalue weighted by Gasteiger charge is 2.48. The van der Waals surface area contributed by atoms with Crippen LogP contribution in [-0.4, -0.2) is 34.0 Å². The Kier molecular flexibility index (Phi) is 4.75. The molecule has 0 heterocycles. The van der Waals surface area contributed by atoms with Crippen LogP contribution in [0.2, 0.25) is 0 Å². The Hall–Kier alpha value is -0.410. The second kappa shape index (κ2) is 4.89. The monoisotopic (exact) mass is 240 g/mol. The molecule has 0 bridgehead atoms. The smallest absolute Gasteiger partial charge is 0.384 e. The number of ether oxygens (including phenoxy) is 1. The predicted molar refractivity (Wildman–Crippen MR) is 37.4 cm³/mol. The van der Waals surface area contributed by atoms with Crippen LogP contribution in [0.4, 0.5) is 17.6 Å². The largest absolute Gasteiger partial charge is 0.523 e. The molecule has 1 unspecified atom stereocenters. The van der Waals surface area contributed by atoms with E-state index in [1.165, 1.54) is 7.11 Å². The van der Waals surface area contributed by atoms with Gasteiger partial charge in [-0.05, 0) is 0 Å². The number of halogens is 4. The van der Waals surface area contributed by atoms with E-state index in [9.17, 15) is 26.0 Å². The lowest BCUT2D eigenvalue weighted by molar-refractivity contribution is -0.0668. The predicted octanol–water partition coefficient (Wildman–Crippen LogP) is 1.18. The van der Waals surface area contributed by atoms with Crippen LogP contribution >= 0.6 is 0 Å². The van der Waals surface area contributed by atoms with Gasteiger partial charge in [0, 0.05) is 13.5 Å². The summed E-state index contributed by atoms with van der Waals surface area (Å²) < 4.78 is 75.2. The first-order chi connectivity index (χ1) is 6.20. The zero-order valence-corrected chi connectivity index (χ0v) is 7.86. The summed E-state index contributed by atoms with van der Waals surface area (Å²) in [7, 11) is -4.67. The van der Waals surface area contributed by atoms with Gasteiger partial charge in [0.1, 0.15) is 0 Å². The molecule has 0 aliphatic rings. The molecule has 0 N–H and O–H groups in total. The second-order valence-corrected chi connectivity index (χ2v) is 3.75. The van der Waals surface area contributed by atoms with Crippen LogP contribution in [0.15, 0.2) is 0 Å². The maximum absolute atomic E-state index is 12.4. The molecule has 0 aromatic rings. The number of alkyl halides is 4. The van der Waals surface area contributed by atoms with Crippen molar-refractivity contribution in [3.05, 3.63) is 0 Å². The van der Waals surface area contributed by atoms with Gasteiger partial charge in [-0.15, -0.1) is 0 Å². The van der Waals surface area contributed by atoms with Crippen LogP contribution < -0.4 is 0 Å². The Morgan fingerprint density at radius 2 is 1.86 bits per heavy atom. The second-order valence-electron chi connectivity index (χ2n) is 2.19. The lowest BCUT2D eigenvalue weighted by Gasteiger charge is -2.11. The maximum atomic E-state index is 12.4. The third-order valence-corrected chi connectivity index (χ3v) is 2.09. The molecule has 4 nitrogen and oxygen atoms in total. The first kappa shape index (κ1) is 13.6. The number of hydrogen-bond acceptors (Lipinski definition) is 4. The first-order valence-corrected chi connectivity index (χ1v) is 4.74. The lowest BCUT2D eigenvalue weighted by Crippen LogP contribution is -2.28. The topological polar surface area (TPSA) is 52.6 Å². The fourth-order valence-corrected chi connectivity index (χ4v) is 0.931. The summed E-state index contributed by atoms with van der Waals surface area (Å²) in [6.45, 7) is -0.242. The third kappa shape index (κ3) is 4.20. The minimum Gasteiger partial charge on any atom is -0.384 e. The van der Waals surface area contributed by atoms with E-state index in [-0.39, 0.29) is 6.61 Å². The molecule has 9 heteroatoms. The van der Waals surface area contributed by atoms with E-state index in [2.05, 4.69) is 8.92 Å². The van der Waals surface area contributed by atoms with E-state index >= 15 is 0 Å². The van der Waals surface area contributed by atoms with E-state index in [4.69, 9.17) is 0 Å². The fourth-order valence-electron chi connectivity index (χ4n) is 0.451. The normalized spacial score (nSPS) is 15.5. The van der Waals surface area contributed by atoms with Crippen molar-refractivity contribution in [3.63, 3.8) is 0 Å². The Labute approximate surface area is 77.9 Å². The summed E-state index contributed by atoms with van der Waals surface area (Å²) in [5, 5.41) is 0. The summed E-state index contributed by atoms with van der Waals surface area (Å²) >= 11 is 0. The number of hydrogen-bond donors (Lipinski definition) is 0. The highest BCUT2D eigenvalue weighted by Crippen LogP contribution is 2.26. The van der Waals surface area contributed by atoms with Gasteiger partial charge < -0.3 is 4.74 Å². The molecule has 0 aromatic carbocycles. The average molecular weight is 240 g/mol. The van der Waals surface area contributed by atoms with Crippen LogP contribution in [0.5, 0.6) is 0 Å². The van der Waals surface area contributed by atoms with Gasteiger partial charge in [0.15, 0.2) is 0 Å². The SMILES string of the molecule is COCCC(F)OS(=O)(=O)C(F)(F)F. The van der Waals surface area contributed by atoms with Gasteiger partial charge in [-0.1, -0.05) is 0 Å². The van der Waals surface area contributed by atoms with E-state index in [0.29, 0.717) is 0 Å². The van der Waals surface area contributed by atoms with Crippen molar-refractivity contribution in [3.8, 4) is 0 Å². The molecule has 0 radical (unpaired) electrons. The van der Waals surface area contributed by atoms with Gasteiger partial charge >= 0.3 is 15.6 Å². The van der Waals surface area contributed by atoms with Crippen molar-refractivity contribution >= 4 is 10.1 Å². The highest BCUT2D eigenvalue weighted by molar-refractivity contribution is 7.87. The summed E-state index contributed by atoms with van der Waals surface area (Å²) in [6.07, 6.45) is -3.15. The van der Waals surface area contributed by atoms with Crippen LogP contribution in [0, 0.1) is 0 Å². The minimum atomic E-state index is -5.86. The van der Waals surface area contributed by atoms with Crippen LogP contribution in [0.3, 0.4) is 0 Å². The standard InChI is InChI=1S/C5H8F4O4S/c1-12-3-2-4(6)13-14(10,11)5(7,8)9/h4H,2-3H2,1H3. The molecular formula is C5H8F4O4S. The zero-order valence-electron chi connectivity index (χ0n) is 7.04. The van der Waals surface area contributed by atoms with Crippen LogP contribution in [0.25, 0.3) is 0 Å². The third-order valence-electron chi connectivity index (χ3n) is 1.06. The summed E-state index contributed by atoms with van der Waals surface area (Å²) in [4.78, 5) is 0. The fraction of sp³-hybridized carbons (Fsp3) is 1.00. The Balaban J connectivity index is 4.24. The van der Waals surface area contributed by atoms with Gasteiger partial charge in [0.25, 0.3) is 0 Å². The molecular weight excluding hydrogens is 232 g/mol. The van der Waals surface area contributed by atoms with E-state index in [1.54, 1.807) is 0 Å². The zero-order chi connectivity index (χ0) is 11.4. The van der Waals surface area contributed by atoms with Gasteiger partial charge in [-0.3, -0.25) is 0 Å². The van der Waals surface area contributed by atoms with E-state index < -0.39 is 28.4 Å². The molecule has 0 aliphatic carbocycles. The van der Waals surface area contributed by atoms with Crippen molar-refractivity contribution in [2.45, 2.75) is 18.3 Å². The van der Waals surface area contributed by atoms with E-state index in [1.807, 2.05) is 0 Å². The molecule has 0 saturated heterocycles. The minimum absolute atomic E-state index is 0.242. The molecule has 0 amide bonds. The Morgan fingerprint density at radius 3 is 2.21 bits per heavy atom. The quantitative estimate of drug-likeness (QED) is 0.411. The molecule has 0 saturated carbocycles. The molecule has 0 rings (SSSR count). The van der Waals surface area contributed by atoms with Crippen molar-refractivity contribution in [2.75, 3.05) is 13.7 Å². The van der Waals surface area contributed by atoms with Gasteiger partial charge in [0.05, 0.1) is 6.61 Å². The number of rotatable bonds is 5. The molecule has 86 valence electrons. The van der Waals surface area contributed by atoms with Crippen LogP contribution in [-0.2, 0) is 19.0 Å². The van der Waals surface area contributed by atoms with Crippen molar-refractivity contribution in [2.24, 2.45) is 0 Å². The summed E-state index contributed by atoms with van der Waals surface area (Å²) in [5.74, 6) is 0. The number of methoxy groups -OCH3 is 1. The Bertz CT molecular complexity index is 259. The van der Waals surface area contributed by atoms with Gasteiger partial charge in [-0.25, -0.2) is 8.57 Å². The molecule has 1 atom stereocenters. The van der Waals surface area contributed by atoms with E-state index in [0.717, 1.165) is 0 Å². The highest BCUT2D eigenvalue weighted by atomic mass is 32.2. The molecule has 0 fully saturated rings. The molecule has 0 aliphatic heterocycles. The van der Waals surface area contributed by atoms with Crippen molar-refractivity contribution < 1.29 is 34.9 Å². The summed E-state index contributed by atoms with van der Waals surface area (Å²) in [5.41, 5.74) is -5.61. The maximum Gasteiger partial charge on any atom is 0.523 e. The summed E-state index contributed by atoms with van der Waals surface area (Å²) in [6, 6.07) is 0. The molecule has 0 aromatic heterocycles. The van der Waals surface area contributed by atoms with Crippen molar-refractivity contribution in [1.82, 2.24) is 0 Å². The first-order valence-electron chi connectivity index (χ1n) is 3.33. The van der Waals surface area contributed by atoms with Gasteiger partial charge in [0.2, 0.25) is 6.36 Å².